The van der Waals surface area contributed by atoms with E-state index in [-0.39, 0.29) is 31.6 Å². The van der Waals surface area contributed by atoms with E-state index >= 15 is 0 Å². The van der Waals surface area contributed by atoms with Crippen LogP contribution < -0.4 is 10.6 Å². The number of benzene rings is 3. The lowest BCUT2D eigenvalue weighted by Crippen LogP contribution is -2.38. The van der Waals surface area contributed by atoms with Gasteiger partial charge in [-0.25, -0.2) is 4.79 Å². The van der Waals surface area contributed by atoms with Gasteiger partial charge in [-0.3, -0.25) is 4.79 Å². The molecule has 1 atom stereocenters. The van der Waals surface area contributed by atoms with Crippen LogP contribution in [0.3, 0.4) is 0 Å². The Morgan fingerprint density at radius 1 is 1.02 bits per heavy atom. The Morgan fingerprint density at radius 3 is 2.30 bits per heavy atom. The molecule has 3 aromatic carbocycles. The molecular formula is C33H34ClN5O4. The Morgan fingerprint density at radius 2 is 1.70 bits per heavy atom. The summed E-state index contributed by atoms with van der Waals surface area (Å²) in [6, 6.07) is 27.4. The molecule has 0 aromatic heterocycles. The van der Waals surface area contributed by atoms with Crippen molar-refractivity contribution in [3.63, 3.8) is 0 Å². The van der Waals surface area contributed by atoms with E-state index in [2.05, 4.69) is 44.9 Å². The second-order valence-electron chi connectivity index (χ2n) is 9.96. The third-order valence-corrected chi connectivity index (χ3v) is 7.48. The van der Waals surface area contributed by atoms with Crippen LogP contribution >= 0.6 is 11.6 Å². The van der Waals surface area contributed by atoms with E-state index in [0.717, 1.165) is 11.1 Å². The molecule has 0 spiro atoms. The van der Waals surface area contributed by atoms with Gasteiger partial charge in [0.1, 0.15) is 0 Å². The van der Waals surface area contributed by atoms with Crippen LogP contribution in [0, 0.1) is 0 Å². The number of nitrogens with one attached hydrogen (secondary N) is 2. The Kier molecular flexibility index (Phi) is 11.4. The smallest absolute Gasteiger partial charge is 0.336 e. The minimum atomic E-state index is -0.762. The van der Waals surface area contributed by atoms with Gasteiger partial charge in [-0.15, -0.1) is 0 Å². The fourth-order valence-electron chi connectivity index (χ4n) is 5.32. The van der Waals surface area contributed by atoms with E-state index in [1.54, 1.807) is 25.1 Å². The third-order valence-electron chi connectivity index (χ3n) is 7.24. The van der Waals surface area contributed by atoms with E-state index in [0.29, 0.717) is 46.1 Å². The van der Waals surface area contributed by atoms with Gasteiger partial charge in [0, 0.05) is 34.6 Å². The molecule has 0 saturated heterocycles. The summed E-state index contributed by atoms with van der Waals surface area (Å²) in [7, 11) is 1.31. The van der Waals surface area contributed by atoms with E-state index in [1.807, 2.05) is 42.5 Å². The number of halogens is 1. The molecule has 10 heteroatoms. The van der Waals surface area contributed by atoms with Gasteiger partial charge in [0.15, 0.2) is 0 Å². The molecule has 9 nitrogen and oxygen atoms in total. The van der Waals surface area contributed by atoms with Crippen LogP contribution in [0.4, 0.5) is 0 Å². The number of nitrogens with zero attached hydrogens (tertiary/aromatic N) is 3. The average molecular weight is 600 g/mol. The zero-order chi connectivity index (χ0) is 30.6. The van der Waals surface area contributed by atoms with Crippen LogP contribution in [0.25, 0.3) is 10.4 Å². The first-order valence-electron chi connectivity index (χ1n) is 14.0. The zero-order valence-corrected chi connectivity index (χ0v) is 24.9. The van der Waals surface area contributed by atoms with Crippen molar-refractivity contribution in [2.24, 2.45) is 5.11 Å². The molecule has 3 aromatic rings. The first-order valence-corrected chi connectivity index (χ1v) is 14.3. The number of azide groups is 1. The summed E-state index contributed by atoms with van der Waals surface area (Å²) in [5.41, 5.74) is 13.2. The molecule has 43 heavy (non-hydrogen) atoms. The molecule has 1 unspecified atom stereocenters. The number of carbonyl (C=O) groups is 2. The topological polar surface area (TPSA) is 125 Å². The van der Waals surface area contributed by atoms with Crippen LogP contribution in [-0.4, -0.2) is 45.3 Å². The first-order chi connectivity index (χ1) is 20.9. The van der Waals surface area contributed by atoms with E-state index in [4.69, 9.17) is 26.6 Å². The number of rotatable bonds is 13. The Hall–Kier alpha value is -4.56. The van der Waals surface area contributed by atoms with Crippen molar-refractivity contribution in [2.45, 2.75) is 25.2 Å². The standard InChI is InChI=1S/C33H34ClN5O4/c1-22-29(33(41)42-2)30(25-14-9-15-26(34)20-25)31(28(38-22)21-43-19-18-37-39-35)32(40)36-17-16-27(23-10-5-3-6-11-23)24-12-7-4-8-13-24/h3-15,20,27,30,38H,16-19,21H2,1-2H3,(H,36,40). The molecule has 0 saturated carbocycles. The third kappa shape index (κ3) is 8.05. The van der Waals surface area contributed by atoms with Gasteiger partial charge >= 0.3 is 5.97 Å². The molecule has 0 aliphatic carbocycles. The Balaban J connectivity index is 1.67. The van der Waals surface area contributed by atoms with Gasteiger partial charge < -0.3 is 20.1 Å². The molecule has 4 rings (SSSR count). The SMILES string of the molecule is COC(=O)C1=C(C)NC(COCCN=[N+]=[N-])=C(C(=O)NCCC(c2ccccc2)c2ccccc2)C1c1cccc(Cl)c1. The largest absolute Gasteiger partial charge is 0.466 e. The molecule has 2 N–H and O–H groups in total. The second-order valence-corrected chi connectivity index (χ2v) is 10.4. The highest BCUT2D eigenvalue weighted by Gasteiger charge is 2.38. The summed E-state index contributed by atoms with van der Waals surface area (Å²) in [6.45, 7) is 2.46. The molecule has 0 bridgehead atoms. The fraction of sp³-hybridized carbons (Fsp3) is 0.273. The van der Waals surface area contributed by atoms with Crippen molar-refractivity contribution in [3.8, 4) is 0 Å². The van der Waals surface area contributed by atoms with E-state index < -0.39 is 11.9 Å². The molecule has 1 amide bonds. The van der Waals surface area contributed by atoms with Gasteiger partial charge in [0.2, 0.25) is 5.91 Å². The Bertz CT molecular complexity index is 1500. The van der Waals surface area contributed by atoms with Gasteiger partial charge in [-0.05, 0) is 47.7 Å². The summed E-state index contributed by atoms with van der Waals surface area (Å²) >= 11 is 6.36. The molecule has 0 fully saturated rings. The molecule has 1 aliphatic rings. The van der Waals surface area contributed by atoms with Crippen LogP contribution in [0.2, 0.25) is 5.02 Å². The summed E-state index contributed by atoms with van der Waals surface area (Å²) in [5, 5.41) is 10.3. The van der Waals surface area contributed by atoms with Gasteiger partial charge in [0.25, 0.3) is 0 Å². The van der Waals surface area contributed by atoms with Crippen molar-refractivity contribution in [1.82, 2.24) is 10.6 Å². The zero-order valence-electron chi connectivity index (χ0n) is 24.1. The number of hydrogen-bond acceptors (Lipinski definition) is 6. The summed E-state index contributed by atoms with van der Waals surface area (Å²) in [4.78, 5) is 29.9. The van der Waals surface area contributed by atoms with Crippen molar-refractivity contribution in [1.29, 1.82) is 0 Å². The van der Waals surface area contributed by atoms with Crippen LogP contribution in [0.15, 0.2) is 113 Å². The maximum Gasteiger partial charge on any atom is 0.336 e. The van der Waals surface area contributed by atoms with E-state index in [9.17, 15) is 9.59 Å². The number of ether oxygens (including phenoxy) is 2. The lowest BCUT2D eigenvalue weighted by atomic mass is 9.79. The monoisotopic (exact) mass is 599 g/mol. The lowest BCUT2D eigenvalue weighted by molar-refractivity contribution is -0.136. The summed E-state index contributed by atoms with van der Waals surface area (Å²) < 4.78 is 10.9. The highest BCUT2D eigenvalue weighted by Crippen LogP contribution is 2.39. The van der Waals surface area contributed by atoms with Crippen molar-refractivity contribution < 1.29 is 19.1 Å². The van der Waals surface area contributed by atoms with Crippen molar-refractivity contribution >= 4 is 23.5 Å². The van der Waals surface area contributed by atoms with Crippen LogP contribution in [0.5, 0.6) is 0 Å². The van der Waals surface area contributed by atoms with Crippen molar-refractivity contribution in [3.05, 3.63) is 140 Å². The number of methoxy groups -OCH3 is 1. The van der Waals surface area contributed by atoms with Gasteiger partial charge in [-0.2, -0.15) is 0 Å². The highest BCUT2D eigenvalue weighted by atomic mass is 35.5. The predicted molar refractivity (Wildman–Crippen MR) is 166 cm³/mol. The highest BCUT2D eigenvalue weighted by molar-refractivity contribution is 6.30. The quantitative estimate of drug-likeness (QED) is 0.0774. The van der Waals surface area contributed by atoms with Crippen LogP contribution in [-0.2, 0) is 19.1 Å². The fourth-order valence-corrected chi connectivity index (χ4v) is 5.52. The molecule has 222 valence electrons. The minimum Gasteiger partial charge on any atom is -0.466 e. The Labute approximate surface area is 256 Å². The first kappa shape index (κ1) is 31.4. The molecule has 0 radical (unpaired) electrons. The number of amides is 1. The van der Waals surface area contributed by atoms with E-state index in [1.165, 1.54) is 7.11 Å². The van der Waals surface area contributed by atoms with Crippen LogP contribution in [0.1, 0.15) is 41.9 Å². The summed E-state index contributed by atoms with van der Waals surface area (Å²) in [6.07, 6.45) is 0.652. The summed E-state index contributed by atoms with van der Waals surface area (Å²) in [5.74, 6) is -1.60. The molecular weight excluding hydrogens is 566 g/mol. The number of dihydropyridines is 1. The molecule has 1 aliphatic heterocycles. The number of esters is 1. The predicted octanol–water partition coefficient (Wildman–Crippen LogP) is 6.39. The average Bonchev–Trinajstić information content (AvgIpc) is 3.03. The lowest BCUT2D eigenvalue weighted by Gasteiger charge is -2.32. The molecule has 1 heterocycles. The number of carbonyl (C=O) groups excluding carboxylic acids is 2. The van der Waals surface area contributed by atoms with Crippen molar-refractivity contribution in [2.75, 3.05) is 33.4 Å². The normalized spacial score (nSPS) is 14.7. The van der Waals surface area contributed by atoms with Gasteiger partial charge in [0.05, 0.1) is 43.1 Å². The number of hydrogen-bond donors (Lipinski definition) is 2. The minimum absolute atomic E-state index is 0.0310. The number of allylic oxidation sites excluding steroid dienone is 1. The van der Waals surface area contributed by atoms with Gasteiger partial charge in [-0.1, -0.05) is 89.5 Å². The second kappa shape index (κ2) is 15.6. The maximum absolute atomic E-state index is 14.1. The maximum atomic E-state index is 14.1.